The highest BCUT2D eigenvalue weighted by Gasteiger charge is 2.09. The van der Waals surface area contributed by atoms with Crippen LogP contribution >= 0.6 is 27.5 Å². The Labute approximate surface area is 105 Å². The molecule has 0 aliphatic heterocycles. The number of hydrogen-bond donors (Lipinski definition) is 0. The van der Waals surface area contributed by atoms with Gasteiger partial charge in [0.1, 0.15) is 6.42 Å². The zero-order valence-electron chi connectivity index (χ0n) is 7.94. The molecule has 2 aromatic rings. The van der Waals surface area contributed by atoms with Gasteiger partial charge in [0.25, 0.3) is 0 Å². The Hall–Kier alpha value is -1.38. The van der Waals surface area contributed by atoms with E-state index in [0.29, 0.717) is 16.7 Å². The fourth-order valence-corrected chi connectivity index (χ4v) is 1.64. The molecule has 0 radical (unpaired) electrons. The number of rotatable bonds is 2. The molecule has 0 aliphatic rings. The van der Waals surface area contributed by atoms with Crippen LogP contribution in [0.15, 0.2) is 27.2 Å². The van der Waals surface area contributed by atoms with Crippen molar-refractivity contribution in [2.24, 2.45) is 0 Å². The number of nitrogens with zero attached hydrogens (tertiary/aromatic N) is 3. The smallest absolute Gasteiger partial charge is 0.241 e. The molecule has 0 aliphatic carbocycles. The molecule has 0 saturated heterocycles. The standard InChI is InChI=1S/C10H5BrClN3O/c11-7-5-6(1-2-8(7)12)10-14-9(3-4-13)16-15-10/h1-2,5H,3H2. The minimum absolute atomic E-state index is 0.113. The van der Waals surface area contributed by atoms with Gasteiger partial charge in [0, 0.05) is 10.0 Å². The topological polar surface area (TPSA) is 62.7 Å². The maximum absolute atomic E-state index is 8.48. The van der Waals surface area contributed by atoms with Crippen LogP contribution in [0.4, 0.5) is 0 Å². The second kappa shape index (κ2) is 4.64. The molecule has 1 heterocycles. The highest BCUT2D eigenvalue weighted by molar-refractivity contribution is 9.10. The molecule has 0 unspecified atom stereocenters. The van der Waals surface area contributed by atoms with E-state index in [1.807, 2.05) is 6.07 Å². The van der Waals surface area contributed by atoms with Crippen LogP contribution in [0.1, 0.15) is 5.89 Å². The molecule has 2 rings (SSSR count). The largest absolute Gasteiger partial charge is 0.338 e. The summed E-state index contributed by atoms with van der Waals surface area (Å²) in [6, 6.07) is 7.26. The van der Waals surface area contributed by atoms with Crippen molar-refractivity contribution in [1.29, 1.82) is 5.26 Å². The van der Waals surface area contributed by atoms with Gasteiger partial charge in [-0.2, -0.15) is 10.2 Å². The van der Waals surface area contributed by atoms with Crippen molar-refractivity contribution in [1.82, 2.24) is 10.1 Å². The summed E-state index contributed by atoms with van der Waals surface area (Å²) in [5.41, 5.74) is 0.782. The van der Waals surface area contributed by atoms with E-state index in [-0.39, 0.29) is 6.42 Å². The predicted octanol–water partition coefficient (Wildman–Crippen LogP) is 3.22. The number of aromatic nitrogens is 2. The van der Waals surface area contributed by atoms with Crippen molar-refractivity contribution in [2.45, 2.75) is 6.42 Å². The van der Waals surface area contributed by atoms with Gasteiger partial charge in [-0.15, -0.1) is 0 Å². The zero-order valence-corrected chi connectivity index (χ0v) is 10.3. The number of nitriles is 1. The average Bonchev–Trinajstić information content (AvgIpc) is 2.71. The van der Waals surface area contributed by atoms with Crippen molar-refractivity contribution < 1.29 is 4.52 Å². The number of halogens is 2. The lowest BCUT2D eigenvalue weighted by Crippen LogP contribution is -1.83. The molecule has 0 saturated carbocycles. The Balaban J connectivity index is 2.36. The van der Waals surface area contributed by atoms with Crippen molar-refractivity contribution >= 4 is 27.5 Å². The van der Waals surface area contributed by atoms with E-state index in [0.717, 1.165) is 10.0 Å². The second-order valence-corrected chi connectivity index (χ2v) is 4.24. The Kier molecular flexibility index (Phi) is 3.22. The summed E-state index contributed by atoms with van der Waals surface area (Å²) in [6.07, 6.45) is 0.113. The fourth-order valence-electron chi connectivity index (χ4n) is 1.15. The minimum atomic E-state index is 0.113. The Morgan fingerprint density at radius 3 is 3.00 bits per heavy atom. The lowest BCUT2D eigenvalue weighted by molar-refractivity contribution is 0.388. The van der Waals surface area contributed by atoms with Gasteiger partial charge in [-0.05, 0) is 34.1 Å². The highest BCUT2D eigenvalue weighted by Crippen LogP contribution is 2.27. The normalized spacial score (nSPS) is 10.1. The third-order valence-corrected chi connectivity index (χ3v) is 3.09. The molecule has 6 heteroatoms. The van der Waals surface area contributed by atoms with Gasteiger partial charge in [0.2, 0.25) is 11.7 Å². The molecule has 1 aromatic heterocycles. The third kappa shape index (κ3) is 2.23. The van der Waals surface area contributed by atoms with E-state index in [4.69, 9.17) is 21.4 Å². The van der Waals surface area contributed by atoms with Crippen molar-refractivity contribution in [2.75, 3.05) is 0 Å². The molecule has 0 atom stereocenters. The molecular formula is C10H5BrClN3O. The van der Waals surface area contributed by atoms with Crippen LogP contribution in [0.5, 0.6) is 0 Å². The highest BCUT2D eigenvalue weighted by atomic mass is 79.9. The van der Waals surface area contributed by atoms with Crippen LogP contribution < -0.4 is 0 Å². The first-order valence-electron chi connectivity index (χ1n) is 4.35. The maximum atomic E-state index is 8.48. The van der Waals surface area contributed by atoms with Gasteiger partial charge < -0.3 is 4.52 Å². The Morgan fingerprint density at radius 2 is 2.31 bits per heavy atom. The summed E-state index contributed by atoms with van der Waals surface area (Å²) in [7, 11) is 0. The monoisotopic (exact) mass is 297 g/mol. The molecule has 0 amide bonds. The van der Waals surface area contributed by atoms with Crippen LogP contribution in [0, 0.1) is 11.3 Å². The quantitative estimate of drug-likeness (QED) is 0.854. The van der Waals surface area contributed by atoms with E-state index < -0.39 is 0 Å². The molecule has 1 aromatic carbocycles. The van der Waals surface area contributed by atoms with Gasteiger partial charge in [0.15, 0.2) is 0 Å². The van der Waals surface area contributed by atoms with E-state index in [1.165, 1.54) is 0 Å². The van der Waals surface area contributed by atoms with Crippen molar-refractivity contribution in [3.63, 3.8) is 0 Å². The lowest BCUT2D eigenvalue weighted by atomic mass is 10.2. The van der Waals surface area contributed by atoms with Crippen LogP contribution in [0.25, 0.3) is 11.4 Å². The van der Waals surface area contributed by atoms with Gasteiger partial charge in [0.05, 0.1) is 11.1 Å². The van der Waals surface area contributed by atoms with Gasteiger partial charge in [-0.1, -0.05) is 16.8 Å². The zero-order chi connectivity index (χ0) is 11.5. The van der Waals surface area contributed by atoms with E-state index in [2.05, 4.69) is 26.1 Å². The van der Waals surface area contributed by atoms with Crippen LogP contribution in [-0.2, 0) is 6.42 Å². The molecule has 0 spiro atoms. The summed E-state index contributed by atoms with van der Waals surface area (Å²) >= 11 is 9.18. The van der Waals surface area contributed by atoms with Gasteiger partial charge >= 0.3 is 0 Å². The minimum Gasteiger partial charge on any atom is -0.338 e. The summed E-state index contributed by atoms with van der Waals surface area (Å²) in [5.74, 6) is 0.756. The van der Waals surface area contributed by atoms with Crippen molar-refractivity contribution in [3.8, 4) is 17.5 Å². The molecule has 0 N–H and O–H groups in total. The SMILES string of the molecule is N#CCc1nc(-c2ccc(Cl)c(Br)c2)no1. The van der Waals surface area contributed by atoms with Gasteiger partial charge in [-0.25, -0.2) is 0 Å². The van der Waals surface area contributed by atoms with Crippen LogP contribution in [0.3, 0.4) is 0 Å². The third-order valence-electron chi connectivity index (χ3n) is 1.88. The summed E-state index contributed by atoms with van der Waals surface area (Å²) in [6.45, 7) is 0. The van der Waals surface area contributed by atoms with E-state index >= 15 is 0 Å². The molecule has 0 fully saturated rings. The molecule has 4 nitrogen and oxygen atoms in total. The summed E-state index contributed by atoms with van der Waals surface area (Å²) < 4.78 is 5.66. The summed E-state index contributed by atoms with van der Waals surface area (Å²) in [4.78, 5) is 4.08. The summed E-state index contributed by atoms with van der Waals surface area (Å²) in [5, 5.41) is 12.9. The van der Waals surface area contributed by atoms with Gasteiger partial charge in [-0.3, -0.25) is 0 Å². The second-order valence-electron chi connectivity index (χ2n) is 2.98. The number of hydrogen-bond acceptors (Lipinski definition) is 4. The molecule has 0 bridgehead atoms. The Morgan fingerprint density at radius 1 is 1.50 bits per heavy atom. The van der Waals surface area contributed by atoms with Crippen LogP contribution in [0.2, 0.25) is 5.02 Å². The molecule has 80 valence electrons. The van der Waals surface area contributed by atoms with E-state index in [1.54, 1.807) is 18.2 Å². The van der Waals surface area contributed by atoms with Crippen LogP contribution in [-0.4, -0.2) is 10.1 Å². The maximum Gasteiger partial charge on any atom is 0.241 e. The first-order chi connectivity index (χ1) is 7.70. The Bertz CT molecular complexity index is 561. The first kappa shape index (κ1) is 11.1. The molecule has 16 heavy (non-hydrogen) atoms. The number of benzene rings is 1. The van der Waals surface area contributed by atoms with Crippen molar-refractivity contribution in [3.05, 3.63) is 33.6 Å². The lowest BCUT2D eigenvalue weighted by Gasteiger charge is -1.97. The molecular weight excluding hydrogens is 293 g/mol. The fraction of sp³-hybridized carbons (Fsp3) is 0.100. The predicted molar refractivity (Wildman–Crippen MR) is 61.8 cm³/mol. The van der Waals surface area contributed by atoms with E-state index in [9.17, 15) is 0 Å². The first-order valence-corrected chi connectivity index (χ1v) is 5.53. The average molecular weight is 299 g/mol.